The molecule has 1 saturated heterocycles. The van der Waals surface area contributed by atoms with Crippen LogP contribution in [0.25, 0.3) is 0 Å². The van der Waals surface area contributed by atoms with Gasteiger partial charge in [0.15, 0.2) is 0 Å². The number of amides is 2. The van der Waals surface area contributed by atoms with Crippen molar-refractivity contribution in [1.82, 2.24) is 4.90 Å². The molecule has 162 valence electrons. The van der Waals surface area contributed by atoms with Gasteiger partial charge in [0.05, 0.1) is 7.11 Å². The smallest absolute Gasteiger partial charge is 0.339 e. The molecule has 0 bridgehead atoms. The molecule has 7 nitrogen and oxygen atoms in total. The highest BCUT2D eigenvalue weighted by molar-refractivity contribution is 7.87. The largest absolute Gasteiger partial charge is 0.497 e. The highest BCUT2D eigenvalue weighted by Gasteiger charge is 2.29. The molecule has 1 fully saturated rings. The Balaban J connectivity index is 1.65. The number of hydrogen-bond acceptors (Lipinski definition) is 5. The Morgan fingerprint density at radius 3 is 2.40 bits per heavy atom. The van der Waals surface area contributed by atoms with Gasteiger partial charge in [0.2, 0.25) is 0 Å². The number of carbonyl (C=O) groups is 1. The molecular weight excluding hydrogens is 404 g/mol. The summed E-state index contributed by atoms with van der Waals surface area (Å²) in [5.74, 6) is 0.678. The summed E-state index contributed by atoms with van der Waals surface area (Å²) in [6.07, 6.45) is 4.47. The Morgan fingerprint density at radius 1 is 0.967 bits per heavy atom. The maximum absolute atomic E-state index is 12.7. The van der Waals surface area contributed by atoms with Gasteiger partial charge >= 0.3 is 16.1 Å². The fraction of sp³-hybridized carbons (Fsp3) is 0.409. The minimum atomic E-state index is -3.99. The molecule has 3 rings (SSSR count). The van der Waals surface area contributed by atoms with Crippen LogP contribution in [-0.2, 0) is 10.1 Å². The van der Waals surface area contributed by atoms with Crippen LogP contribution < -0.4 is 13.8 Å². The van der Waals surface area contributed by atoms with E-state index in [9.17, 15) is 13.2 Å². The van der Waals surface area contributed by atoms with E-state index in [2.05, 4.69) is 6.92 Å². The summed E-state index contributed by atoms with van der Waals surface area (Å²) in [6.45, 7) is 4.20. The van der Waals surface area contributed by atoms with Crippen molar-refractivity contribution in [2.24, 2.45) is 0 Å². The minimum Gasteiger partial charge on any atom is -0.497 e. The van der Waals surface area contributed by atoms with E-state index in [0.29, 0.717) is 24.5 Å². The van der Waals surface area contributed by atoms with Crippen LogP contribution in [0.1, 0.15) is 32.6 Å². The molecule has 1 heterocycles. The van der Waals surface area contributed by atoms with Crippen LogP contribution in [0.5, 0.6) is 11.5 Å². The number of benzene rings is 2. The molecule has 0 aromatic heterocycles. The third-order valence-electron chi connectivity index (χ3n) is 5.06. The summed E-state index contributed by atoms with van der Waals surface area (Å²) in [6, 6.07) is 12.6. The monoisotopic (exact) mass is 432 g/mol. The van der Waals surface area contributed by atoms with Crippen LogP contribution in [0, 0.1) is 0 Å². The summed E-state index contributed by atoms with van der Waals surface area (Å²) in [7, 11) is -2.49. The molecule has 2 amide bonds. The summed E-state index contributed by atoms with van der Waals surface area (Å²) < 4.78 is 35.4. The first-order valence-corrected chi connectivity index (χ1v) is 11.6. The van der Waals surface area contributed by atoms with Crippen molar-refractivity contribution in [3.05, 3.63) is 48.5 Å². The first-order chi connectivity index (χ1) is 14.4. The molecule has 2 aromatic rings. The van der Waals surface area contributed by atoms with E-state index in [1.807, 2.05) is 4.90 Å². The Hall–Kier alpha value is -2.74. The first-order valence-electron chi connectivity index (χ1n) is 10.2. The lowest BCUT2D eigenvalue weighted by Crippen LogP contribution is -2.32. The topological polar surface area (TPSA) is 76.2 Å². The normalized spacial score (nSPS) is 14.3. The van der Waals surface area contributed by atoms with Crippen molar-refractivity contribution in [3.8, 4) is 11.5 Å². The lowest BCUT2D eigenvalue weighted by atomic mass is 10.2. The third-order valence-corrected chi connectivity index (χ3v) is 6.32. The number of hydrogen-bond donors (Lipinski definition) is 0. The van der Waals surface area contributed by atoms with Crippen LogP contribution in [-0.4, -0.2) is 46.1 Å². The van der Waals surface area contributed by atoms with Gasteiger partial charge in [0.25, 0.3) is 0 Å². The number of unbranched alkanes of at least 4 members (excludes halogenated alkanes) is 3. The van der Waals surface area contributed by atoms with Gasteiger partial charge < -0.3 is 13.8 Å². The van der Waals surface area contributed by atoms with Crippen LogP contribution >= 0.6 is 0 Å². The SMILES string of the molecule is CCCCCCN1CCN(c2ccc(S(=O)(=O)Oc3cccc(OC)c3)cc2)C1=O. The van der Waals surface area contributed by atoms with Gasteiger partial charge in [-0.3, -0.25) is 4.90 Å². The zero-order chi connectivity index (χ0) is 21.6. The van der Waals surface area contributed by atoms with Gasteiger partial charge in [-0.15, -0.1) is 0 Å². The van der Waals surface area contributed by atoms with Gasteiger partial charge in [0, 0.05) is 31.4 Å². The van der Waals surface area contributed by atoms with E-state index in [1.54, 1.807) is 35.2 Å². The molecule has 0 N–H and O–H groups in total. The molecule has 30 heavy (non-hydrogen) atoms. The summed E-state index contributed by atoms with van der Waals surface area (Å²) >= 11 is 0. The lowest BCUT2D eigenvalue weighted by molar-refractivity contribution is 0.219. The van der Waals surface area contributed by atoms with Gasteiger partial charge in [-0.1, -0.05) is 32.3 Å². The van der Waals surface area contributed by atoms with Crippen LogP contribution in [0.15, 0.2) is 53.4 Å². The van der Waals surface area contributed by atoms with E-state index >= 15 is 0 Å². The highest BCUT2D eigenvalue weighted by atomic mass is 32.2. The Bertz CT molecular complexity index is 960. The molecular formula is C22H28N2O5S. The van der Waals surface area contributed by atoms with Crippen molar-refractivity contribution < 1.29 is 22.1 Å². The average molecular weight is 433 g/mol. The molecule has 0 aliphatic carbocycles. The maximum Gasteiger partial charge on any atom is 0.339 e. The predicted molar refractivity (Wildman–Crippen MR) is 116 cm³/mol. The maximum atomic E-state index is 12.7. The van der Waals surface area contributed by atoms with Gasteiger partial charge in [-0.25, -0.2) is 4.79 Å². The zero-order valence-corrected chi connectivity index (χ0v) is 18.2. The van der Waals surface area contributed by atoms with E-state index in [-0.39, 0.29) is 16.7 Å². The highest BCUT2D eigenvalue weighted by Crippen LogP contribution is 2.26. The van der Waals surface area contributed by atoms with Crippen LogP contribution in [0.2, 0.25) is 0 Å². The second-order valence-corrected chi connectivity index (χ2v) is 8.74. The van der Waals surface area contributed by atoms with Crippen molar-refractivity contribution >= 4 is 21.8 Å². The second kappa shape index (κ2) is 9.84. The van der Waals surface area contributed by atoms with E-state index in [0.717, 1.165) is 25.8 Å². The molecule has 1 aliphatic rings. The molecule has 0 saturated carbocycles. The molecule has 0 unspecified atom stereocenters. The molecule has 0 spiro atoms. The Labute approximate surface area is 178 Å². The van der Waals surface area contributed by atoms with Crippen molar-refractivity contribution in [3.63, 3.8) is 0 Å². The number of ether oxygens (including phenoxy) is 1. The van der Waals surface area contributed by atoms with Crippen molar-refractivity contribution in [2.75, 3.05) is 31.6 Å². The van der Waals surface area contributed by atoms with E-state index < -0.39 is 10.1 Å². The molecule has 0 radical (unpaired) electrons. The average Bonchev–Trinajstić information content (AvgIpc) is 3.11. The third kappa shape index (κ3) is 5.24. The van der Waals surface area contributed by atoms with Crippen LogP contribution in [0.4, 0.5) is 10.5 Å². The Kier molecular flexibility index (Phi) is 7.20. The standard InChI is InChI=1S/C22H28N2O5S/c1-3-4-5-6-14-23-15-16-24(22(23)25)18-10-12-21(13-11-18)30(26,27)29-20-9-7-8-19(17-20)28-2/h7-13,17H,3-6,14-16H2,1-2H3. The van der Waals surface area contributed by atoms with Crippen LogP contribution in [0.3, 0.4) is 0 Å². The fourth-order valence-corrected chi connectivity index (χ4v) is 4.30. The quantitative estimate of drug-likeness (QED) is 0.414. The van der Waals surface area contributed by atoms with Gasteiger partial charge in [0.1, 0.15) is 16.4 Å². The summed E-state index contributed by atoms with van der Waals surface area (Å²) in [5.41, 5.74) is 0.677. The molecule has 8 heteroatoms. The van der Waals surface area contributed by atoms with E-state index in [4.69, 9.17) is 8.92 Å². The van der Waals surface area contributed by atoms with Crippen molar-refractivity contribution in [1.29, 1.82) is 0 Å². The number of rotatable bonds is 10. The predicted octanol–water partition coefficient (Wildman–Crippen LogP) is 4.29. The Morgan fingerprint density at radius 2 is 1.70 bits per heavy atom. The second-order valence-electron chi connectivity index (χ2n) is 7.19. The van der Waals surface area contributed by atoms with Crippen molar-refractivity contribution in [2.45, 2.75) is 37.5 Å². The zero-order valence-electron chi connectivity index (χ0n) is 17.4. The number of carbonyl (C=O) groups excluding carboxylic acids is 1. The lowest BCUT2D eigenvalue weighted by Gasteiger charge is -2.19. The first kappa shape index (κ1) is 22.0. The number of nitrogens with zero attached hydrogens (tertiary/aromatic N) is 2. The van der Waals surface area contributed by atoms with Gasteiger partial charge in [-0.2, -0.15) is 8.42 Å². The number of anilines is 1. The summed E-state index contributed by atoms with van der Waals surface area (Å²) in [5, 5.41) is 0. The van der Waals surface area contributed by atoms with Gasteiger partial charge in [-0.05, 0) is 42.8 Å². The molecule has 2 aromatic carbocycles. The molecule has 1 aliphatic heterocycles. The van der Waals surface area contributed by atoms with E-state index in [1.165, 1.54) is 31.7 Å². The summed E-state index contributed by atoms with van der Waals surface area (Å²) in [4.78, 5) is 16.2. The molecule has 0 atom stereocenters. The minimum absolute atomic E-state index is 0.0251. The number of urea groups is 1. The number of methoxy groups -OCH3 is 1. The fourth-order valence-electron chi connectivity index (χ4n) is 3.38.